The average Bonchev–Trinajstić information content (AvgIpc) is 2.65. The molecule has 1 aromatic rings. The zero-order valence-corrected chi connectivity index (χ0v) is 7.17. The highest BCUT2D eigenvalue weighted by atomic mass is 16.5. The number of nitrogens with one attached hydrogen (secondary N) is 1. The molecule has 66 valence electrons. The molecule has 1 aliphatic heterocycles. The number of ether oxygens (including phenoxy) is 1. The van der Waals surface area contributed by atoms with Gasteiger partial charge in [0.1, 0.15) is 11.9 Å². The molecule has 1 aromatic heterocycles. The maximum absolute atomic E-state index is 5.69. The van der Waals surface area contributed by atoms with E-state index < -0.39 is 0 Å². The van der Waals surface area contributed by atoms with Crippen LogP contribution in [-0.2, 0) is 0 Å². The van der Waals surface area contributed by atoms with Gasteiger partial charge in [-0.05, 0) is 19.9 Å². The average molecular weight is 167 g/mol. The van der Waals surface area contributed by atoms with Crippen LogP contribution >= 0.6 is 0 Å². The molecule has 1 N–H and O–H groups in total. The van der Waals surface area contributed by atoms with Crippen molar-refractivity contribution < 1.29 is 9.15 Å². The maximum atomic E-state index is 5.69. The number of hydrogen-bond acceptors (Lipinski definition) is 3. The van der Waals surface area contributed by atoms with Gasteiger partial charge in [-0.25, -0.2) is 0 Å². The van der Waals surface area contributed by atoms with Gasteiger partial charge in [0, 0.05) is 12.6 Å². The second-order valence-electron chi connectivity index (χ2n) is 3.07. The molecule has 0 aliphatic carbocycles. The zero-order valence-electron chi connectivity index (χ0n) is 7.17. The van der Waals surface area contributed by atoms with Crippen LogP contribution in [0.5, 0.6) is 5.75 Å². The van der Waals surface area contributed by atoms with Crippen LogP contribution < -0.4 is 10.1 Å². The van der Waals surface area contributed by atoms with Crippen LogP contribution in [-0.4, -0.2) is 19.2 Å². The Kier molecular flexibility index (Phi) is 2.04. The van der Waals surface area contributed by atoms with E-state index in [2.05, 4.69) is 5.32 Å². The van der Waals surface area contributed by atoms with Crippen LogP contribution in [0.25, 0.3) is 0 Å². The summed E-state index contributed by atoms with van der Waals surface area (Å²) in [4.78, 5) is 0. The summed E-state index contributed by atoms with van der Waals surface area (Å²) in [7, 11) is 0. The zero-order chi connectivity index (χ0) is 8.39. The Labute approximate surface area is 71.7 Å². The van der Waals surface area contributed by atoms with Gasteiger partial charge in [-0.2, -0.15) is 0 Å². The van der Waals surface area contributed by atoms with Crippen molar-refractivity contribution in [1.29, 1.82) is 0 Å². The summed E-state index contributed by atoms with van der Waals surface area (Å²) in [5.74, 6) is 1.74. The first-order valence-corrected chi connectivity index (χ1v) is 4.28. The summed E-state index contributed by atoms with van der Waals surface area (Å²) >= 11 is 0. The Morgan fingerprint density at radius 1 is 1.67 bits per heavy atom. The first-order valence-electron chi connectivity index (χ1n) is 4.28. The molecule has 3 heteroatoms. The molecule has 1 aliphatic rings. The van der Waals surface area contributed by atoms with Crippen molar-refractivity contribution in [3.05, 3.63) is 18.1 Å². The second-order valence-corrected chi connectivity index (χ2v) is 3.07. The fourth-order valence-corrected chi connectivity index (χ4v) is 1.40. The quantitative estimate of drug-likeness (QED) is 0.721. The molecule has 1 unspecified atom stereocenters. The fourth-order valence-electron chi connectivity index (χ4n) is 1.40. The lowest BCUT2D eigenvalue weighted by atomic mass is 10.3. The van der Waals surface area contributed by atoms with E-state index >= 15 is 0 Å². The molecule has 0 spiro atoms. The molecule has 3 nitrogen and oxygen atoms in total. The summed E-state index contributed by atoms with van der Waals surface area (Å²) < 4.78 is 10.8. The summed E-state index contributed by atoms with van der Waals surface area (Å²) in [6.45, 7) is 3.92. The fraction of sp³-hybridized carbons (Fsp3) is 0.556. The first kappa shape index (κ1) is 7.68. The van der Waals surface area contributed by atoms with Crippen molar-refractivity contribution in [2.45, 2.75) is 19.4 Å². The Morgan fingerprint density at radius 2 is 2.58 bits per heavy atom. The molecule has 1 atom stereocenters. The topological polar surface area (TPSA) is 34.4 Å². The van der Waals surface area contributed by atoms with E-state index in [1.54, 1.807) is 6.26 Å². The van der Waals surface area contributed by atoms with Crippen LogP contribution in [0.1, 0.15) is 12.2 Å². The Balaban J connectivity index is 1.98. The van der Waals surface area contributed by atoms with E-state index in [0.717, 1.165) is 31.0 Å². The minimum absolute atomic E-state index is 0.321. The van der Waals surface area contributed by atoms with E-state index in [1.807, 2.05) is 13.0 Å². The molecule has 0 amide bonds. The third-order valence-corrected chi connectivity index (χ3v) is 2.12. The molecular formula is C9H13NO2. The highest BCUT2D eigenvalue weighted by Gasteiger charge is 2.17. The standard InChI is InChI=1S/C9H13NO2/c1-7-9(3-5-11-7)12-8-2-4-10-6-8/h3,5,8,10H,2,4,6H2,1H3. The lowest BCUT2D eigenvalue weighted by Gasteiger charge is -2.10. The van der Waals surface area contributed by atoms with Crippen LogP contribution in [0.3, 0.4) is 0 Å². The highest BCUT2D eigenvalue weighted by Crippen LogP contribution is 2.20. The summed E-state index contributed by atoms with van der Waals surface area (Å²) in [6.07, 6.45) is 3.07. The SMILES string of the molecule is Cc1occc1OC1CCNC1. The van der Waals surface area contributed by atoms with Gasteiger partial charge in [-0.1, -0.05) is 0 Å². The van der Waals surface area contributed by atoms with E-state index in [1.165, 1.54) is 0 Å². The third-order valence-electron chi connectivity index (χ3n) is 2.12. The summed E-state index contributed by atoms with van der Waals surface area (Å²) in [5, 5.41) is 3.25. The van der Waals surface area contributed by atoms with Gasteiger partial charge in [-0.15, -0.1) is 0 Å². The molecule has 0 radical (unpaired) electrons. The van der Waals surface area contributed by atoms with E-state index in [9.17, 15) is 0 Å². The van der Waals surface area contributed by atoms with E-state index in [-0.39, 0.29) is 0 Å². The number of furan rings is 1. The molecule has 2 heterocycles. The Hall–Kier alpha value is -0.960. The van der Waals surface area contributed by atoms with Crippen molar-refractivity contribution in [2.75, 3.05) is 13.1 Å². The van der Waals surface area contributed by atoms with Crippen LogP contribution in [0.2, 0.25) is 0 Å². The molecular weight excluding hydrogens is 154 g/mol. The van der Waals surface area contributed by atoms with Crippen LogP contribution in [0, 0.1) is 6.92 Å². The van der Waals surface area contributed by atoms with Crippen molar-refractivity contribution in [3.63, 3.8) is 0 Å². The van der Waals surface area contributed by atoms with Gasteiger partial charge < -0.3 is 14.5 Å². The molecule has 12 heavy (non-hydrogen) atoms. The predicted octanol–water partition coefficient (Wildman–Crippen LogP) is 1.33. The number of aryl methyl sites for hydroxylation is 1. The number of rotatable bonds is 2. The number of hydrogen-bond donors (Lipinski definition) is 1. The molecule has 0 bridgehead atoms. The lowest BCUT2D eigenvalue weighted by Crippen LogP contribution is -2.19. The minimum atomic E-state index is 0.321. The lowest BCUT2D eigenvalue weighted by molar-refractivity contribution is 0.218. The molecule has 1 fully saturated rings. The van der Waals surface area contributed by atoms with Crippen molar-refractivity contribution in [3.8, 4) is 5.75 Å². The minimum Gasteiger partial charge on any atom is -0.485 e. The van der Waals surface area contributed by atoms with Crippen molar-refractivity contribution in [1.82, 2.24) is 5.32 Å². The van der Waals surface area contributed by atoms with Gasteiger partial charge in [0.15, 0.2) is 5.75 Å². The smallest absolute Gasteiger partial charge is 0.160 e. The monoisotopic (exact) mass is 167 g/mol. The van der Waals surface area contributed by atoms with Gasteiger partial charge in [0.25, 0.3) is 0 Å². The molecule has 0 aromatic carbocycles. The molecule has 0 saturated carbocycles. The third kappa shape index (κ3) is 1.46. The maximum Gasteiger partial charge on any atom is 0.160 e. The normalized spacial score (nSPS) is 22.9. The van der Waals surface area contributed by atoms with E-state index in [4.69, 9.17) is 9.15 Å². The Bertz CT molecular complexity index is 251. The van der Waals surface area contributed by atoms with Crippen LogP contribution in [0.4, 0.5) is 0 Å². The van der Waals surface area contributed by atoms with E-state index in [0.29, 0.717) is 6.10 Å². The Morgan fingerprint density at radius 3 is 3.17 bits per heavy atom. The highest BCUT2D eigenvalue weighted by molar-refractivity contribution is 5.23. The van der Waals surface area contributed by atoms with Gasteiger partial charge >= 0.3 is 0 Å². The second kappa shape index (κ2) is 3.19. The summed E-state index contributed by atoms with van der Waals surface area (Å²) in [5.41, 5.74) is 0. The summed E-state index contributed by atoms with van der Waals surface area (Å²) in [6, 6.07) is 1.87. The predicted molar refractivity (Wildman–Crippen MR) is 45.3 cm³/mol. The molecule has 2 rings (SSSR count). The van der Waals surface area contributed by atoms with Crippen molar-refractivity contribution in [2.24, 2.45) is 0 Å². The van der Waals surface area contributed by atoms with Crippen molar-refractivity contribution >= 4 is 0 Å². The van der Waals surface area contributed by atoms with Gasteiger partial charge in [-0.3, -0.25) is 0 Å². The van der Waals surface area contributed by atoms with Crippen LogP contribution in [0.15, 0.2) is 16.7 Å². The van der Waals surface area contributed by atoms with Gasteiger partial charge in [0.05, 0.1) is 6.26 Å². The largest absolute Gasteiger partial charge is 0.485 e. The first-order chi connectivity index (χ1) is 5.86. The van der Waals surface area contributed by atoms with Gasteiger partial charge in [0.2, 0.25) is 0 Å². The molecule has 1 saturated heterocycles.